The maximum Gasteiger partial charge on any atom is 0.0375 e. The Hall–Kier alpha value is -1.86. The summed E-state index contributed by atoms with van der Waals surface area (Å²) in [5, 5.41) is 3.40. The molecule has 0 aliphatic carbocycles. The third-order valence-electron chi connectivity index (χ3n) is 5.48. The zero-order chi connectivity index (χ0) is 20.2. The van der Waals surface area contributed by atoms with Crippen molar-refractivity contribution in [3.63, 3.8) is 0 Å². The Balaban J connectivity index is 3.50. The molecule has 0 saturated carbocycles. The van der Waals surface area contributed by atoms with Gasteiger partial charge in [-0.15, -0.1) is 0 Å². The number of rotatable bonds is 7. The van der Waals surface area contributed by atoms with Gasteiger partial charge in [-0.05, 0) is 101 Å². The number of allylic oxidation sites excluding steroid dienone is 6. The van der Waals surface area contributed by atoms with Crippen molar-refractivity contribution >= 4 is 5.57 Å². The van der Waals surface area contributed by atoms with Gasteiger partial charge in [0.25, 0.3) is 0 Å². The summed E-state index contributed by atoms with van der Waals surface area (Å²) >= 11 is 0. The van der Waals surface area contributed by atoms with Crippen molar-refractivity contribution < 1.29 is 0 Å². The second kappa shape index (κ2) is 8.68. The van der Waals surface area contributed by atoms with Gasteiger partial charge < -0.3 is 5.32 Å². The summed E-state index contributed by atoms with van der Waals surface area (Å²) in [6, 6.07) is 6.85. The van der Waals surface area contributed by atoms with Crippen molar-refractivity contribution in [2.24, 2.45) is 0 Å². The summed E-state index contributed by atoms with van der Waals surface area (Å²) in [6.45, 7) is 25.9. The average Bonchev–Trinajstić information content (AvgIpc) is 2.58. The number of benzene rings is 1. The monoisotopic (exact) mass is 351 g/mol. The summed E-state index contributed by atoms with van der Waals surface area (Å²) in [4.78, 5) is 0. The first-order valence-corrected chi connectivity index (χ1v) is 9.51. The number of nitrogens with one attached hydrogen (secondary N) is 1. The maximum absolute atomic E-state index is 4.38. The number of hydrogen-bond acceptors (Lipinski definition) is 1. The summed E-state index contributed by atoms with van der Waals surface area (Å²) in [5.74, 6) is 0. The normalized spacial score (nSPS) is 12.5. The fraction of sp³-hybridized carbons (Fsp3) is 0.440. The van der Waals surface area contributed by atoms with Crippen LogP contribution in [-0.2, 0) is 12.0 Å². The van der Waals surface area contributed by atoms with E-state index >= 15 is 0 Å². The Morgan fingerprint density at radius 1 is 1.04 bits per heavy atom. The van der Waals surface area contributed by atoms with E-state index in [9.17, 15) is 0 Å². The van der Waals surface area contributed by atoms with Crippen LogP contribution in [0.5, 0.6) is 0 Å². The van der Waals surface area contributed by atoms with Crippen molar-refractivity contribution in [3.05, 3.63) is 75.9 Å². The molecule has 142 valence electrons. The molecule has 0 fully saturated rings. The standard InChI is InChI=1S/C25H37N/c1-12-21-15-22(25(9,10)26-11)13-14-23(21)19(7)18(6)20(8)24(16(2)3)17(4)5/h13-15,26H,2,8,12H2,1,3-7,9-11H3/b19-18+. The van der Waals surface area contributed by atoms with Gasteiger partial charge in [-0.25, -0.2) is 0 Å². The quantitative estimate of drug-likeness (QED) is 0.523. The van der Waals surface area contributed by atoms with Crippen LogP contribution in [0.1, 0.15) is 72.1 Å². The van der Waals surface area contributed by atoms with Crippen molar-refractivity contribution in [1.29, 1.82) is 0 Å². The lowest BCUT2D eigenvalue weighted by molar-refractivity contribution is 0.444. The van der Waals surface area contributed by atoms with E-state index in [2.05, 4.69) is 92.1 Å². The molecule has 1 N–H and O–H groups in total. The summed E-state index contributed by atoms with van der Waals surface area (Å²) < 4.78 is 0. The first-order chi connectivity index (χ1) is 12.0. The lowest BCUT2D eigenvalue weighted by atomic mass is 9.85. The molecule has 0 aromatic heterocycles. The van der Waals surface area contributed by atoms with Crippen LogP contribution in [-0.4, -0.2) is 7.05 Å². The smallest absolute Gasteiger partial charge is 0.0375 e. The number of hydrogen-bond donors (Lipinski definition) is 1. The van der Waals surface area contributed by atoms with Gasteiger partial charge >= 0.3 is 0 Å². The maximum atomic E-state index is 4.38. The Labute approximate surface area is 161 Å². The SMILES string of the molecule is C=C(C)C(C(=C)/C(C)=C(\C)c1ccc(C(C)(C)NC)cc1CC)=C(C)C. The van der Waals surface area contributed by atoms with E-state index in [0.717, 1.165) is 17.6 Å². The van der Waals surface area contributed by atoms with E-state index in [-0.39, 0.29) is 5.54 Å². The van der Waals surface area contributed by atoms with E-state index in [0.29, 0.717) is 0 Å². The van der Waals surface area contributed by atoms with Gasteiger partial charge in [-0.3, -0.25) is 0 Å². The second-order valence-corrected chi connectivity index (χ2v) is 7.98. The highest BCUT2D eigenvalue weighted by Crippen LogP contribution is 2.33. The minimum Gasteiger partial charge on any atom is -0.311 e. The summed E-state index contributed by atoms with van der Waals surface area (Å²) in [5.41, 5.74) is 11.1. The van der Waals surface area contributed by atoms with E-state index in [1.807, 2.05) is 7.05 Å². The summed E-state index contributed by atoms with van der Waals surface area (Å²) in [7, 11) is 2.01. The molecule has 0 bridgehead atoms. The number of aryl methyl sites for hydroxylation is 1. The predicted octanol–water partition coefficient (Wildman–Crippen LogP) is 6.97. The zero-order valence-corrected chi connectivity index (χ0v) is 18.4. The van der Waals surface area contributed by atoms with Crippen LogP contribution >= 0.6 is 0 Å². The van der Waals surface area contributed by atoms with Crippen LogP contribution in [0.2, 0.25) is 0 Å². The first-order valence-electron chi connectivity index (χ1n) is 9.51. The third kappa shape index (κ3) is 4.65. The van der Waals surface area contributed by atoms with E-state index < -0.39 is 0 Å². The molecule has 0 amide bonds. The minimum absolute atomic E-state index is 0.0338. The van der Waals surface area contributed by atoms with Gasteiger partial charge in [-0.1, -0.05) is 49.4 Å². The van der Waals surface area contributed by atoms with Gasteiger partial charge in [0.05, 0.1) is 0 Å². The molecule has 0 spiro atoms. The van der Waals surface area contributed by atoms with Gasteiger partial charge in [0.2, 0.25) is 0 Å². The van der Waals surface area contributed by atoms with Crippen LogP contribution in [0.4, 0.5) is 0 Å². The van der Waals surface area contributed by atoms with Crippen molar-refractivity contribution in [1.82, 2.24) is 5.32 Å². The third-order valence-corrected chi connectivity index (χ3v) is 5.48. The molecule has 0 atom stereocenters. The van der Waals surface area contributed by atoms with Crippen molar-refractivity contribution in [3.8, 4) is 0 Å². The summed E-state index contributed by atoms with van der Waals surface area (Å²) in [6.07, 6.45) is 1.01. The highest BCUT2D eigenvalue weighted by Gasteiger charge is 2.19. The Morgan fingerprint density at radius 3 is 2.04 bits per heavy atom. The second-order valence-electron chi connectivity index (χ2n) is 7.98. The van der Waals surface area contributed by atoms with E-state index in [1.54, 1.807) is 0 Å². The molecule has 0 heterocycles. The Bertz CT molecular complexity index is 765. The van der Waals surface area contributed by atoms with Crippen LogP contribution in [0.15, 0.2) is 59.2 Å². The zero-order valence-electron chi connectivity index (χ0n) is 18.4. The molecule has 1 rings (SSSR count). The molecular weight excluding hydrogens is 314 g/mol. The lowest BCUT2D eigenvalue weighted by Gasteiger charge is -2.26. The van der Waals surface area contributed by atoms with Gasteiger partial charge in [0.15, 0.2) is 0 Å². The van der Waals surface area contributed by atoms with Crippen molar-refractivity contribution in [2.75, 3.05) is 7.05 Å². The predicted molar refractivity (Wildman–Crippen MR) is 119 cm³/mol. The fourth-order valence-corrected chi connectivity index (χ4v) is 3.39. The fourth-order valence-electron chi connectivity index (χ4n) is 3.39. The molecule has 0 radical (unpaired) electrons. The van der Waals surface area contributed by atoms with Crippen LogP contribution < -0.4 is 5.32 Å². The van der Waals surface area contributed by atoms with Crippen molar-refractivity contribution in [2.45, 2.75) is 67.3 Å². The van der Waals surface area contributed by atoms with Gasteiger partial charge in [-0.2, -0.15) is 0 Å². The molecule has 0 saturated heterocycles. The largest absolute Gasteiger partial charge is 0.311 e. The first kappa shape index (κ1) is 22.2. The molecule has 0 aliphatic heterocycles. The van der Waals surface area contributed by atoms with Gasteiger partial charge in [0, 0.05) is 5.54 Å². The average molecular weight is 352 g/mol. The van der Waals surface area contributed by atoms with Crippen LogP contribution in [0, 0.1) is 0 Å². The molecule has 1 heteroatoms. The molecule has 0 aliphatic rings. The highest BCUT2D eigenvalue weighted by atomic mass is 14.9. The highest BCUT2D eigenvalue weighted by molar-refractivity contribution is 5.75. The van der Waals surface area contributed by atoms with E-state index in [1.165, 1.54) is 39.0 Å². The van der Waals surface area contributed by atoms with Crippen LogP contribution in [0.25, 0.3) is 5.57 Å². The van der Waals surface area contributed by atoms with E-state index in [4.69, 9.17) is 0 Å². The lowest BCUT2D eigenvalue weighted by Crippen LogP contribution is -2.33. The molecule has 0 unspecified atom stereocenters. The Kier molecular flexibility index (Phi) is 7.41. The topological polar surface area (TPSA) is 12.0 Å². The molecular formula is C25H37N. The molecule has 1 nitrogen and oxygen atoms in total. The van der Waals surface area contributed by atoms with Gasteiger partial charge in [0.1, 0.15) is 0 Å². The molecule has 1 aromatic carbocycles. The van der Waals surface area contributed by atoms with Crippen LogP contribution in [0.3, 0.4) is 0 Å². The molecule has 26 heavy (non-hydrogen) atoms. The Morgan fingerprint density at radius 2 is 1.62 bits per heavy atom. The minimum atomic E-state index is -0.0338. The molecule has 1 aromatic rings.